The topological polar surface area (TPSA) is 66.4 Å². The van der Waals surface area contributed by atoms with Gasteiger partial charge in [0.2, 0.25) is 0 Å². The number of halogens is 1. The summed E-state index contributed by atoms with van der Waals surface area (Å²) < 4.78 is 13.3. The average Bonchev–Trinajstić information content (AvgIpc) is 2.34. The van der Waals surface area contributed by atoms with Gasteiger partial charge in [0.1, 0.15) is 5.82 Å². The number of carboxylic acid groups (broad SMARTS) is 1. The second-order valence-electron chi connectivity index (χ2n) is 4.01. The van der Waals surface area contributed by atoms with Gasteiger partial charge in [0.05, 0.1) is 11.5 Å². The highest BCUT2D eigenvalue weighted by atomic mass is 19.1. The third-order valence-electron chi connectivity index (χ3n) is 2.61. The zero-order valence-electron chi connectivity index (χ0n) is 10.1. The molecule has 1 aromatic rings. The van der Waals surface area contributed by atoms with Gasteiger partial charge in [-0.15, -0.1) is 0 Å². The predicted molar refractivity (Wildman–Crippen MR) is 64.8 cm³/mol. The Morgan fingerprint density at radius 1 is 1.39 bits per heavy atom. The first-order valence-electron chi connectivity index (χ1n) is 5.81. The summed E-state index contributed by atoms with van der Waals surface area (Å²) in [6, 6.07) is 5.60. The minimum atomic E-state index is -0.953. The van der Waals surface area contributed by atoms with Gasteiger partial charge in [0.15, 0.2) is 0 Å². The number of carboxylic acids is 1. The molecule has 0 aromatic heterocycles. The fraction of sp³-hybridized carbons (Fsp3) is 0.385. The number of benzene rings is 1. The average molecular weight is 253 g/mol. The standard InChI is InChI=1S/C13H16FNO3/c1-2-5-9(13(17)18)8-15-12(16)10-6-3-4-7-11(10)14/h3-4,6-7,9H,2,5,8H2,1H3,(H,15,16)(H,17,18). The van der Waals surface area contributed by atoms with Crippen molar-refractivity contribution in [2.24, 2.45) is 5.92 Å². The van der Waals surface area contributed by atoms with Crippen LogP contribution in [0.2, 0.25) is 0 Å². The summed E-state index contributed by atoms with van der Waals surface area (Å²) in [4.78, 5) is 22.5. The highest BCUT2D eigenvalue weighted by Gasteiger charge is 2.18. The molecule has 1 atom stereocenters. The first-order chi connectivity index (χ1) is 8.56. The Morgan fingerprint density at radius 3 is 2.61 bits per heavy atom. The van der Waals surface area contributed by atoms with Gasteiger partial charge in [0.25, 0.3) is 5.91 Å². The number of rotatable bonds is 6. The number of hydrogen-bond donors (Lipinski definition) is 2. The Balaban J connectivity index is 2.60. The quantitative estimate of drug-likeness (QED) is 0.815. The Kier molecular flexibility index (Phi) is 5.30. The molecule has 1 amide bonds. The predicted octanol–water partition coefficient (Wildman–Crippen LogP) is 2.06. The van der Waals surface area contributed by atoms with Gasteiger partial charge in [-0.2, -0.15) is 0 Å². The largest absolute Gasteiger partial charge is 0.481 e. The van der Waals surface area contributed by atoms with E-state index in [0.717, 1.165) is 0 Å². The number of amides is 1. The molecule has 4 nitrogen and oxygen atoms in total. The molecular weight excluding hydrogens is 237 g/mol. The normalized spacial score (nSPS) is 11.9. The van der Waals surface area contributed by atoms with E-state index in [0.29, 0.717) is 12.8 Å². The molecule has 0 spiro atoms. The molecule has 0 heterocycles. The van der Waals surface area contributed by atoms with Crippen LogP contribution in [0, 0.1) is 11.7 Å². The summed E-state index contributed by atoms with van der Waals surface area (Å²) in [5.41, 5.74) is -0.0712. The number of carbonyl (C=O) groups is 2. The van der Waals surface area contributed by atoms with Gasteiger partial charge < -0.3 is 10.4 Å². The second kappa shape index (κ2) is 6.74. The fourth-order valence-corrected chi connectivity index (χ4v) is 1.62. The van der Waals surface area contributed by atoms with Crippen molar-refractivity contribution in [1.29, 1.82) is 0 Å². The lowest BCUT2D eigenvalue weighted by Gasteiger charge is -2.12. The Hall–Kier alpha value is -1.91. The Labute approximate surface area is 105 Å². The van der Waals surface area contributed by atoms with E-state index in [2.05, 4.69) is 5.32 Å². The number of hydrogen-bond acceptors (Lipinski definition) is 2. The van der Waals surface area contributed by atoms with Crippen molar-refractivity contribution in [2.75, 3.05) is 6.54 Å². The third-order valence-corrected chi connectivity index (χ3v) is 2.61. The van der Waals surface area contributed by atoms with E-state index in [4.69, 9.17) is 5.11 Å². The highest BCUT2D eigenvalue weighted by molar-refractivity contribution is 5.94. The zero-order valence-corrected chi connectivity index (χ0v) is 10.1. The molecule has 98 valence electrons. The Morgan fingerprint density at radius 2 is 2.06 bits per heavy atom. The van der Waals surface area contributed by atoms with Crippen LogP contribution in [0.1, 0.15) is 30.1 Å². The summed E-state index contributed by atoms with van der Waals surface area (Å²) in [6.45, 7) is 1.88. The Bertz CT molecular complexity index is 434. The molecule has 0 saturated heterocycles. The molecule has 1 unspecified atom stereocenters. The summed E-state index contributed by atoms with van der Waals surface area (Å²) >= 11 is 0. The van der Waals surface area contributed by atoms with Crippen LogP contribution in [0.3, 0.4) is 0 Å². The molecule has 18 heavy (non-hydrogen) atoms. The lowest BCUT2D eigenvalue weighted by atomic mass is 10.0. The molecule has 1 aromatic carbocycles. The van der Waals surface area contributed by atoms with E-state index >= 15 is 0 Å². The minimum Gasteiger partial charge on any atom is -0.481 e. The second-order valence-corrected chi connectivity index (χ2v) is 4.01. The van der Waals surface area contributed by atoms with E-state index in [-0.39, 0.29) is 12.1 Å². The summed E-state index contributed by atoms with van der Waals surface area (Å²) in [5.74, 6) is -2.79. The molecule has 5 heteroatoms. The van der Waals surface area contributed by atoms with Crippen LogP contribution >= 0.6 is 0 Å². The number of carbonyl (C=O) groups excluding carboxylic acids is 1. The number of aliphatic carboxylic acids is 1. The van der Waals surface area contributed by atoms with Gasteiger partial charge in [-0.25, -0.2) is 4.39 Å². The van der Waals surface area contributed by atoms with Crippen molar-refractivity contribution in [2.45, 2.75) is 19.8 Å². The van der Waals surface area contributed by atoms with Crippen LogP contribution in [0.25, 0.3) is 0 Å². The first-order valence-corrected chi connectivity index (χ1v) is 5.81. The first kappa shape index (κ1) is 14.2. The fourth-order valence-electron chi connectivity index (χ4n) is 1.62. The van der Waals surface area contributed by atoms with Crippen molar-refractivity contribution in [3.05, 3.63) is 35.6 Å². The molecule has 0 saturated carbocycles. The maximum absolute atomic E-state index is 13.3. The van der Waals surface area contributed by atoms with E-state index in [1.54, 1.807) is 6.07 Å². The van der Waals surface area contributed by atoms with Crippen LogP contribution in [0.4, 0.5) is 4.39 Å². The van der Waals surface area contributed by atoms with Crippen molar-refractivity contribution < 1.29 is 19.1 Å². The van der Waals surface area contributed by atoms with Gasteiger partial charge in [-0.05, 0) is 18.6 Å². The highest BCUT2D eigenvalue weighted by Crippen LogP contribution is 2.08. The van der Waals surface area contributed by atoms with Crippen LogP contribution in [-0.2, 0) is 4.79 Å². The van der Waals surface area contributed by atoms with Crippen molar-refractivity contribution in [3.8, 4) is 0 Å². The molecule has 0 fully saturated rings. The molecule has 0 aliphatic carbocycles. The van der Waals surface area contributed by atoms with Gasteiger partial charge in [0, 0.05) is 6.54 Å². The summed E-state index contributed by atoms with van der Waals surface area (Å²) in [5, 5.41) is 11.4. The molecule has 1 rings (SSSR count). The van der Waals surface area contributed by atoms with E-state index < -0.39 is 23.6 Å². The molecule has 0 aliphatic rings. The molecule has 0 bridgehead atoms. The van der Waals surface area contributed by atoms with Gasteiger partial charge >= 0.3 is 5.97 Å². The van der Waals surface area contributed by atoms with Crippen molar-refractivity contribution >= 4 is 11.9 Å². The van der Waals surface area contributed by atoms with Crippen LogP contribution in [0.5, 0.6) is 0 Å². The molecule has 0 radical (unpaired) electrons. The third kappa shape index (κ3) is 3.84. The summed E-state index contributed by atoms with van der Waals surface area (Å²) in [7, 11) is 0. The SMILES string of the molecule is CCCC(CNC(=O)c1ccccc1F)C(=O)O. The number of nitrogens with one attached hydrogen (secondary N) is 1. The minimum absolute atomic E-state index is 0.0103. The monoisotopic (exact) mass is 253 g/mol. The van der Waals surface area contributed by atoms with Crippen molar-refractivity contribution in [3.63, 3.8) is 0 Å². The molecule has 2 N–H and O–H groups in total. The maximum Gasteiger partial charge on any atom is 0.308 e. The van der Waals surface area contributed by atoms with Crippen LogP contribution in [0.15, 0.2) is 24.3 Å². The maximum atomic E-state index is 13.3. The van der Waals surface area contributed by atoms with Gasteiger partial charge in [-0.1, -0.05) is 25.5 Å². The van der Waals surface area contributed by atoms with Crippen LogP contribution in [-0.4, -0.2) is 23.5 Å². The van der Waals surface area contributed by atoms with Crippen molar-refractivity contribution in [1.82, 2.24) is 5.32 Å². The summed E-state index contributed by atoms with van der Waals surface area (Å²) in [6.07, 6.45) is 1.19. The smallest absolute Gasteiger partial charge is 0.308 e. The molecular formula is C13H16FNO3. The lowest BCUT2D eigenvalue weighted by molar-refractivity contribution is -0.141. The lowest BCUT2D eigenvalue weighted by Crippen LogP contribution is -2.33. The van der Waals surface area contributed by atoms with Crippen LogP contribution < -0.4 is 5.32 Å². The van der Waals surface area contributed by atoms with E-state index in [1.807, 2.05) is 6.92 Å². The van der Waals surface area contributed by atoms with Gasteiger partial charge in [-0.3, -0.25) is 9.59 Å². The molecule has 0 aliphatic heterocycles. The van der Waals surface area contributed by atoms with E-state index in [9.17, 15) is 14.0 Å². The van der Waals surface area contributed by atoms with E-state index in [1.165, 1.54) is 18.2 Å². The zero-order chi connectivity index (χ0) is 13.5.